The molecule has 0 bridgehead atoms. The monoisotopic (exact) mass is 799 g/mol. The van der Waals surface area contributed by atoms with Gasteiger partial charge in [-0.25, -0.2) is 4.79 Å². The molecular weight excluding hydrogens is 749 g/mol. The van der Waals surface area contributed by atoms with Gasteiger partial charge in [0.1, 0.15) is 6.54 Å². The second-order valence-corrected chi connectivity index (χ2v) is 19.0. The van der Waals surface area contributed by atoms with Crippen LogP contribution in [0.1, 0.15) is 93.3 Å². The van der Waals surface area contributed by atoms with Crippen LogP contribution in [0, 0.1) is 0 Å². The van der Waals surface area contributed by atoms with E-state index in [9.17, 15) is 35.8 Å². The van der Waals surface area contributed by atoms with Gasteiger partial charge in [0.2, 0.25) is 5.69 Å². The maximum atomic E-state index is 11.8. The molecule has 3 aromatic rings. The van der Waals surface area contributed by atoms with Gasteiger partial charge in [-0.05, 0) is 98.1 Å². The number of benzene rings is 3. The maximum absolute atomic E-state index is 11.8. The first-order chi connectivity index (χ1) is 26.4. The van der Waals surface area contributed by atoms with Crippen LogP contribution in [0.15, 0.2) is 114 Å². The number of allylic oxidation sites excluding steroid dienone is 8. The molecule has 56 heavy (non-hydrogen) atoms. The lowest BCUT2D eigenvalue weighted by molar-refractivity contribution is -0.438. The van der Waals surface area contributed by atoms with Crippen LogP contribution in [0.5, 0.6) is 0 Å². The lowest BCUT2D eigenvalue weighted by Gasteiger charge is -2.27. The predicted octanol–water partition coefficient (Wildman–Crippen LogP) is 8.51. The fourth-order valence-electron chi connectivity index (χ4n) is 8.44. The van der Waals surface area contributed by atoms with E-state index in [1.54, 1.807) is 12.1 Å². The minimum absolute atomic E-state index is 0.206. The third-order valence-corrected chi connectivity index (χ3v) is 12.9. The topological polar surface area (TPSA) is 152 Å². The van der Waals surface area contributed by atoms with Gasteiger partial charge in [0.25, 0.3) is 20.2 Å². The van der Waals surface area contributed by atoms with Crippen molar-refractivity contribution in [3.8, 4) is 0 Å². The summed E-state index contributed by atoms with van der Waals surface area (Å²) in [4.78, 5) is 14.0. The predicted molar refractivity (Wildman–Crippen MR) is 222 cm³/mol. The van der Waals surface area contributed by atoms with Crippen LogP contribution < -0.4 is 4.90 Å². The number of fused-ring (bicyclic) bond motifs is 2. The molecule has 0 radical (unpaired) electrons. The normalized spacial score (nSPS) is 19.1. The van der Waals surface area contributed by atoms with E-state index in [0.717, 1.165) is 57.9 Å². The molecule has 3 N–H and O–H groups in total. The zero-order valence-corrected chi connectivity index (χ0v) is 34.0. The van der Waals surface area contributed by atoms with E-state index in [1.807, 2.05) is 36.4 Å². The molecular formula is C44H51N2O8S2+. The standard InChI is InChI=1S/C44H50N2O8S2/c1-43(2)35-13-5-7-15-37(35)45(27-9-11-29-55(49,50)51)39(43)25-23-32-17-18-33(41(32)31-19-21-34(22-20-31)42(47)48)24-26-40-44(3,4)36-14-6-8-16-38(36)46(40)28-10-12-30-56(52,53)54/h5-8,13-16,19-26H,9-12,17-18,27-30H2,1-4H3,(H2-,47,48,49,50,51,52,53,54)/p+1. The van der Waals surface area contributed by atoms with Crippen molar-refractivity contribution in [2.75, 3.05) is 29.5 Å². The largest absolute Gasteiger partial charge is 0.478 e. The summed E-state index contributed by atoms with van der Waals surface area (Å²) >= 11 is 0. The number of hydrogen-bond donors (Lipinski definition) is 3. The number of aromatic carboxylic acids is 1. The first-order valence-corrected chi connectivity index (χ1v) is 22.3. The Morgan fingerprint density at radius 3 is 2.04 bits per heavy atom. The molecule has 1 aliphatic carbocycles. The minimum Gasteiger partial charge on any atom is -0.478 e. The Labute approximate surface area is 330 Å². The second-order valence-electron chi connectivity index (χ2n) is 15.8. The first kappa shape index (κ1) is 41.0. The molecule has 3 aliphatic rings. The summed E-state index contributed by atoms with van der Waals surface area (Å²) < 4.78 is 66.6. The number of anilines is 1. The van der Waals surface area contributed by atoms with E-state index >= 15 is 0 Å². The average molecular weight is 800 g/mol. The molecule has 12 heteroatoms. The highest BCUT2D eigenvalue weighted by Gasteiger charge is 2.44. The lowest BCUT2D eigenvalue weighted by Crippen LogP contribution is -2.28. The minimum atomic E-state index is -4.05. The average Bonchev–Trinajstić information content (AvgIpc) is 3.71. The van der Waals surface area contributed by atoms with Crippen molar-refractivity contribution in [2.24, 2.45) is 0 Å². The van der Waals surface area contributed by atoms with Gasteiger partial charge in [-0.1, -0.05) is 74.5 Å². The zero-order chi connectivity index (χ0) is 40.5. The van der Waals surface area contributed by atoms with E-state index in [-0.39, 0.29) is 27.9 Å². The Morgan fingerprint density at radius 2 is 1.38 bits per heavy atom. The second kappa shape index (κ2) is 16.1. The van der Waals surface area contributed by atoms with E-state index in [4.69, 9.17) is 0 Å². The lowest BCUT2D eigenvalue weighted by atomic mass is 9.81. The van der Waals surface area contributed by atoms with E-state index in [1.165, 1.54) is 11.1 Å². The molecule has 0 fully saturated rings. The summed E-state index contributed by atoms with van der Waals surface area (Å²) in [6, 6.07) is 23.5. The number of para-hydroxylation sites is 2. The fraction of sp³-hybridized carbons (Fsp3) is 0.364. The van der Waals surface area contributed by atoms with Gasteiger partial charge in [0.05, 0.1) is 22.5 Å². The van der Waals surface area contributed by atoms with Crippen LogP contribution in [-0.4, -0.2) is 71.9 Å². The van der Waals surface area contributed by atoms with Crippen LogP contribution in [0.3, 0.4) is 0 Å². The number of carboxylic acids is 1. The van der Waals surface area contributed by atoms with Gasteiger partial charge in [0.15, 0.2) is 5.71 Å². The molecule has 3 aromatic carbocycles. The van der Waals surface area contributed by atoms with Crippen LogP contribution in [0.25, 0.3) is 5.57 Å². The number of nitrogens with zero attached hydrogens (tertiary/aromatic N) is 2. The van der Waals surface area contributed by atoms with Crippen LogP contribution >= 0.6 is 0 Å². The van der Waals surface area contributed by atoms with Crippen molar-refractivity contribution in [2.45, 2.75) is 77.0 Å². The molecule has 0 saturated carbocycles. The number of rotatable bonds is 15. The molecule has 296 valence electrons. The summed E-state index contributed by atoms with van der Waals surface area (Å²) in [5.41, 5.74) is 10.4. The van der Waals surface area contributed by atoms with E-state index in [0.29, 0.717) is 38.8 Å². The molecule has 6 rings (SSSR count). The Bertz CT molecular complexity index is 2400. The number of hydrogen-bond acceptors (Lipinski definition) is 6. The van der Waals surface area contributed by atoms with Crippen molar-refractivity contribution in [1.29, 1.82) is 0 Å². The highest BCUT2D eigenvalue weighted by molar-refractivity contribution is 7.86. The number of carbonyl (C=O) groups is 1. The zero-order valence-electron chi connectivity index (χ0n) is 32.4. The molecule has 10 nitrogen and oxygen atoms in total. The highest BCUT2D eigenvalue weighted by Crippen LogP contribution is 2.48. The summed E-state index contributed by atoms with van der Waals surface area (Å²) in [5.74, 6) is -1.56. The molecule has 0 unspecified atom stereocenters. The molecule has 0 amide bonds. The van der Waals surface area contributed by atoms with Gasteiger partial charge in [-0.2, -0.15) is 21.4 Å². The van der Waals surface area contributed by atoms with Crippen molar-refractivity contribution < 1.29 is 40.4 Å². The number of carboxylic acid groups (broad SMARTS) is 1. The Hall–Kier alpha value is -4.62. The Balaban J connectivity index is 1.41. The van der Waals surface area contributed by atoms with Gasteiger partial charge in [-0.15, -0.1) is 0 Å². The fourth-order valence-corrected chi connectivity index (χ4v) is 9.58. The highest BCUT2D eigenvalue weighted by atomic mass is 32.2. The molecule has 2 aliphatic heterocycles. The Morgan fingerprint density at radius 1 is 0.750 bits per heavy atom. The summed E-state index contributed by atoms with van der Waals surface area (Å²) in [7, 11) is -8.09. The summed E-state index contributed by atoms with van der Waals surface area (Å²) in [6.07, 6.45) is 12.0. The van der Waals surface area contributed by atoms with Crippen LogP contribution in [0.2, 0.25) is 0 Å². The maximum Gasteiger partial charge on any atom is 0.335 e. The SMILES string of the molecule is CC1(C)C(/C=C/C2=C(c3ccc(C(=O)O)cc3)C(=C/C=C3/N(CCCCS(=O)(=O)O)c4ccccc4C3(C)C)/CC2)=[N+](CCCCS(=O)(=O)O)c2ccccc21. The quantitative estimate of drug-likeness (QED) is 0.0781. The van der Waals surface area contributed by atoms with Gasteiger partial charge >= 0.3 is 5.97 Å². The van der Waals surface area contributed by atoms with Gasteiger partial charge in [-0.3, -0.25) is 9.11 Å². The molecule has 0 spiro atoms. The van der Waals surface area contributed by atoms with Crippen molar-refractivity contribution in [1.82, 2.24) is 0 Å². The van der Waals surface area contributed by atoms with Crippen molar-refractivity contribution in [3.05, 3.63) is 136 Å². The van der Waals surface area contributed by atoms with Gasteiger partial charge < -0.3 is 10.0 Å². The van der Waals surface area contributed by atoms with Crippen molar-refractivity contribution >= 4 is 48.9 Å². The molecule has 0 saturated heterocycles. The van der Waals surface area contributed by atoms with Crippen molar-refractivity contribution in [3.63, 3.8) is 0 Å². The first-order valence-electron chi connectivity index (χ1n) is 19.1. The van der Waals surface area contributed by atoms with Crippen LogP contribution in [-0.2, 0) is 31.1 Å². The van der Waals surface area contributed by atoms with E-state index < -0.39 is 26.2 Å². The van der Waals surface area contributed by atoms with Crippen LogP contribution in [0.4, 0.5) is 11.4 Å². The summed E-state index contributed by atoms with van der Waals surface area (Å²) in [6.45, 7) is 9.91. The third kappa shape index (κ3) is 8.83. The van der Waals surface area contributed by atoms with Gasteiger partial charge in [0, 0.05) is 47.5 Å². The number of unbranched alkanes of at least 4 members (excludes halogenated alkanes) is 2. The third-order valence-electron chi connectivity index (χ3n) is 11.3. The van der Waals surface area contributed by atoms with E-state index in [2.05, 4.69) is 85.7 Å². The molecule has 0 atom stereocenters. The Kier molecular flexibility index (Phi) is 11.8. The summed E-state index contributed by atoms with van der Waals surface area (Å²) in [5, 5.41) is 9.65. The smallest absolute Gasteiger partial charge is 0.335 e. The molecule has 0 aromatic heterocycles. The molecule has 2 heterocycles.